The zero-order chi connectivity index (χ0) is 16.9. The zero-order valence-corrected chi connectivity index (χ0v) is 14.8. The summed E-state index contributed by atoms with van der Waals surface area (Å²) in [6.07, 6.45) is 6.06. The Morgan fingerprint density at radius 2 is 1.92 bits per heavy atom. The standard InChI is InChI=1S/C18H29N5O/c1-15(2)23-9-3-4-17(23)14-20-18(24)22-12-10-21(11-13-22)16-5-7-19-8-6-16/h5-8,15,17H,3-4,9-14H2,1-2H3,(H,20,24)/t17-/m1/s1. The van der Waals surface area contributed by atoms with Gasteiger partial charge in [0.1, 0.15) is 0 Å². The molecular formula is C18H29N5O. The van der Waals surface area contributed by atoms with Gasteiger partial charge in [-0.1, -0.05) is 0 Å². The largest absolute Gasteiger partial charge is 0.368 e. The van der Waals surface area contributed by atoms with E-state index in [1.54, 1.807) is 0 Å². The smallest absolute Gasteiger partial charge is 0.317 e. The van der Waals surface area contributed by atoms with Crippen LogP contribution >= 0.6 is 0 Å². The molecule has 132 valence electrons. The van der Waals surface area contributed by atoms with Crippen LogP contribution in [0.2, 0.25) is 0 Å². The fourth-order valence-corrected chi connectivity index (χ4v) is 3.80. The van der Waals surface area contributed by atoms with E-state index in [4.69, 9.17) is 0 Å². The van der Waals surface area contributed by atoms with Gasteiger partial charge in [-0.15, -0.1) is 0 Å². The van der Waals surface area contributed by atoms with Gasteiger partial charge < -0.3 is 15.1 Å². The Labute approximate surface area is 144 Å². The molecule has 6 nitrogen and oxygen atoms in total. The van der Waals surface area contributed by atoms with Crippen LogP contribution in [0.25, 0.3) is 0 Å². The molecule has 0 spiro atoms. The van der Waals surface area contributed by atoms with Gasteiger partial charge in [-0.3, -0.25) is 9.88 Å². The summed E-state index contributed by atoms with van der Waals surface area (Å²) in [4.78, 5) is 23.2. The normalized spacial score (nSPS) is 22.2. The van der Waals surface area contributed by atoms with E-state index >= 15 is 0 Å². The van der Waals surface area contributed by atoms with Crippen LogP contribution in [-0.2, 0) is 0 Å². The first-order valence-corrected chi connectivity index (χ1v) is 9.08. The lowest BCUT2D eigenvalue weighted by molar-refractivity contribution is 0.177. The molecule has 2 fully saturated rings. The molecule has 0 aliphatic carbocycles. The van der Waals surface area contributed by atoms with Gasteiger partial charge in [-0.05, 0) is 45.4 Å². The minimum atomic E-state index is 0.0833. The molecule has 0 radical (unpaired) electrons. The molecule has 1 aromatic rings. The van der Waals surface area contributed by atoms with Crippen molar-refractivity contribution in [2.24, 2.45) is 0 Å². The predicted molar refractivity (Wildman–Crippen MR) is 96.3 cm³/mol. The molecule has 2 amide bonds. The van der Waals surface area contributed by atoms with E-state index in [9.17, 15) is 4.79 Å². The van der Waals surface area contributed by atoms with E-state index < -0.39 is 0 Å². The van der Waals surface area contributed by atoms with Crippen molar-refractivity contribution in [3.05, 3.63) is 24.5 Å². The molecule has 2 aliphatic heterocycles. The number of carbonyl (C=O) groups is 1. The Kier molecular flexibility index (Phi) is 5.56. The van der Waals surface area contributed by atoms with Gasteiger partial charge in [0.05, 0.1) is 0 Å². The highest BCUT2D eigenvalue weighted by molar-refractivity contribution is 5.74. The van der Waals surface area contributed by atoms with E-state index in [1.807, 2.05) is 29.4 Å². The summed E-state index contributed by atoms with van der Waals surface area (Å²) >= 11 is 0. The Morgan fingerprint density at radius 3 is 2.58 bits per heavy atom. The fraction of sp³-hybridized carbons (Fsp3) is 0.667. The summed E-state index contributed by atoms with van der Waals surface area (Å²) in [7, 11) is 0. The zero-order valence-electron chi connectivity index (χ0n) is 14.8. The van der Waals surface area contributed by atoms with Crippen LogP contribution in [0.1, 0.15) is 26.7 Å². The summed E-state index contributed by atoms with van der Waals surface area (Å²) < 4.78 is 0. The first-order chi connectivity index (χ1) is 11.6. The van der Waals surface area contributed by atoms with Gasteiger partial charge in [0.25, 0.3) is 0 Å². The highest BCUT2D eigenvalue weighted by Crippen LogP contribution is 2.19. The quantitative estimate of drug-likeness (QED) is 0.914. The van der Waals surface area contributed by atoms with Crippen molar-refractivity contribution in [2.75, 3.05) is 44.2 Å². The van der Waals surface area contributed by atoms with E-state index in [-0.39, 0.29) is 6.03 Å². The molecule has 24 heavy (non-hydrogen) atoms. The van der Waals surface area contributed by atoms with Crippen molar-refractivity contribution in [1.29, 1.82) is 0 Å². The molecular weight excluding hydrogens is 302 g/mol. The molecule has 2 saturated heterocycles. The Bertz CT molecular complexity index is 527. The summed E-state index contributed by atoms with van der Waals surface area (Å²) in [6.45, 7) is 9.68. The van der Waals surface area contributed by atoms with E-state index in [1.165, 1.54) is 18.5 Å². The first-order valence-electron chi connectivity index (χ1n) is 9.08. The molecule has 1 aromatic heterocycles. The number of hydrogen-bond acceptors (Lipinski definition) is 4. The lowest BCUT2D eigenvalue weighted by Gasteiger charge is -2.36. The summed E-state index contributed by atoms with van der Waals surface area (Å²) in [5.41, 5.74) is 1.18. The van der Waals surface area contributed by atoms with Crippen LogP contribution in [0.3, 0.4) is 0 Å². The van der Waals surface area contributed by atoms with Crippen LogP contribution in [0.4, 0.5) is 10.5 Å². The third-order valence-corrected chi connectivity index (χ3v) is 5.17. The van der Waals surface area contributed by atoms with Gasteiger partial charge in [-0.2, -0.15) is 0 Å². The maximum atomic E-state index is 12.4. The minimum absolute atomic E-state index is 0.0833. The molecule has 2 aliphatic rings. The maximum absolute atomic E-state index is 12.4. The van der Waals surface area contributed by atoms with Crippen LogP contribution in [-0.4, -0.2) is 72.2 Å². The molecule has 3 rings (SSSR count). The van der Waals surface area contributed by atoms with Gasteiger partial charge in [0, 0.05) is 62.9 Å². The van der Waals surface area contributed by atoms with Crippen molar-refractivity contribution in [3.8, 4) is 0 Å². The SMILES string of the molecule is CC(C)N1CCC[C@@H]1CNC(=O)N1CCN(c2ccncc2)CC1. The number of urea groups is 1. The average molecular weight is 331 g/mol. The number of aromatic nitrogens is 1. The van der Waals surface area contributed by atoms with Crippen molar-refractivity contribution in [1.82, 2.24) is 20.1 Å². The van der Waals surface area contributed by atoms with E-state index in [2.05, 4.69) is 33.9 Å². The number of anilines is 1. The van der Waals surface area contributed by atoms with Crippen molar-refractivity contribution >= 4 is 11.7 Å². The summed E-state index contributed by atoms with van der Waals surface area (Å²) in [6, 6.07) is 5.18. The number of nitrogens with zero attached hydrogens (tertiary/aromatic N) is 4. The predicted octanol–water partition coefficient (Wildman–Crippen LogP) is 1.79. The fourth-order valence-electron chi connectivity index (χ4n) is 3.80. The van der Waals surface area contributed by atoms with Gasteiger partial charge in [0.2, 0.25) is 0 Å². The van der Waals surface area contributed by atoms with Crippen LogP contribution in [0.5, 0.6) is 0 Å². The lowest BCUT2D eigenvalue weighted by Crippen LogP contribution is -2.53. The number of piperazine rings is 1. The number of nitrogens with one attached hydrogen (secondary N) is 1. The third-order valence-electron chi connectivity index (χ3n) is 5.17. The number of pyridine rings is 1. The minimum Gasteiger partial charge on any atom is -0.368 e. The molecule has 0 bridgehead atoms. The summed E-state index contributed by atoms with van der Waals surface area (Å²) in [5, 5.41) is 3.15. The number of carbonyl (C=O) groups excluding carboxylic acids is 1. The average Bonchev–Trinajstić information content (AvgIpc) is 3.09. The first kappa shape index (κ1) is 17.0. The second kappa shape index (κ2) is 7.83. The molecule has 1 N–H and O–H groups in total. The maximum Gasteiger partial charge on any atom is 0.317 e. The highest BCUT2D eigenvalue weighted by Gasteiger charge is 2.28. The monoisotopic (exact) mass is 331 g/mol. The molecule has 1 atom stereocenters. The van der Waals surface area contributed by atoms with E-state index in [0.29, 0.717) is 12.1 Å². The molecule has 0 unspecified atom stereocenters. The number of amides is 2. The van der Waals surface area contributed by atoms with Crippen LogP contribution in [0, 0.1) is 0 Å². The van der Waals surface area contributed by atoms with Crippen LogP contribution in [0.15, 0.2) is 24.5 Å². The number of likely N-dealkylation sites (tertiary alicyclic amines) is 1. The molecule has 0 aromatic carbocycles. The van der Waals surface area contributed by atoms with E-state index in [0.717, 1.165) is 39.3 Å². The number of rotatable bonds is 4. The third kappa shape index (κ3) is 3.98. The summed E-state index contributed by atoms with van der Waals surface area (Å²) in [5.74, 6) is 0. The second-order valence-corrected chi connectivity index (χ2v) is 6.99. The van der Waals surface area contributed by atoms with Gasteiger partial charge in [0.15, 0.2) is 0 Å². The number of hydrogen-bond donors (Lipinski definition) is 1. The molecule has 0 saturated carbocycles. The van der Waals surface area contributed by atoms with Gasteiger partial charge >= 0.3 is 6.03 Å². The van der Waals surface area contributed by atoms with Gasteiger partial charge in [-0.25, -0.2) is 4.79 Å². The molecule has 3 heterocycles. The van der Waals surface area contributed by atoms with Crippen molar-refractivity contribution < 1.29 is 4.79 Å². The Hall–Kier alpha value is -1.82. The topological polar surface area (TPSA) is 51.7 Å². The highest BCUT2D eigenvalue weighted by atomic mass is 16.2. The molecule has 6 heteroatoms. The van der Waals surface area contributed by atoms with Crippen molar-refractivity contribution in [2.45, 2.75) is 38.8 Å². The Morgan fingerprint density at radius 1 is 1.21 bits per heavy atom. The lowest BCUT2D eigenvalue weighted by atomic mass is 10.2. The van der Waals surface area contributed by atoms with Crippen LogP contribution < -0.4 is 10.2 Å². The van der Waals surface area contributed by atoms with Crippen molar-refractivity contribution in [3.63, 3.8) is 0 Å². The second-order valence-electron chi connectivity index (χ2n) is 6.99. The Balaban J connectivity index is 1.44.